The first-order valence-corrected chi connectivity index (χ1v) is 4.43. The van der Waals surface area contributed by atoms with Crippen LogP contribution in [0, 0.1) is 5.92 Å². The van der Waals surface area contributed by atoms with Crippen LogP contribution in [0.2, 0.25) is 0 Å². The number of rotatable bonds is 1. The van der Waals surface area contributed by atoms with E-state index in [9.17, 15) is 4.79 Å². The molecule has 0 spiro atoms. The van der Waals surface area contributed by atoms with E-state index in [-0.39, 0.29) is 12.4 Å². The van der Waals surface area contributed by atoms with Gasteiger partial charge < -0.3 is 4.90 Å². The highest BCUT2D eigenvalue weighted by Crippen LogP contribution is 2.24. The van der Waals surface area contributed by atoms with Crippen molar-refractivity contribution in [1.82, 2.24) is 4.90 Å². The quantitative estimate of drug-likeness (QED) is 0.622. The van der Waals surface area contributed by atoms with E-state index < -0.39 is 0 Å². The Morgan fingerprint density at radius 2 is 1.67 bits per heavy atom. The van der Waals surface area contributed by atoms with E-state index in [0.717, 1.165) is 12.8 Å². The minimum atomic E-state index is 0. The molecule has 1 fully saturated rings. The van der Waals surface area contributed by atoms with Gasteiger partial charge in [0.2, 0.25) is 5.91 Å². The van der Waals surface area contributed by atoms with Crippen LogP contribution >= 0.6 is 12.4 Å². The van der Waals surface area contributed by atoms with Gasteiger partial charge in [0.25, 0.3) is 0 Å². The minimum absolute atomic E-state index is 0. The van der Waals surface area contributed by atoms with E-state index in [0.29, 0.717) is 11.8 Å². The van der Waals surface area contributed by atoms with Gasteiger partial charge in [-0.25, -0.2) is 0 Å². The van der Waals surface area contributed by atoms with Gasteiger partial charge in [0.05, 0.1) is 0 Å². The first-order chi connectivity index (χ1) is 5.22. The van der Waals surface area contributed by atoms with Gasteiger partial charge in [-0.3, -0.25) is 4.79 Å². The van der Waals surface area contributed by atoms with Crippen LogP contribution in [-0.2, 0) is 4.79 Å². The second-order valence-electron chi connectivity index (χ2n) is 3.57. The summed E-state index contributed by atoms with van der Waals surface area (Å²) in [7, 11) is 3.69. The van der Waals surface area contributed by atoms with Gasteiger partial charge in [-0.1, -0.05) is 19.3 Å². The molecular weight excluding hydrogens is 174 g/mol. The van der Waals surface area contributed by atoms with E-state index in [1.807, 2.05) is 14.1 Å². The maximum Gasteiger partial charge on any atom is 0.225 e. The zero-order valence-corrected chi connectivity index (χ0v) is 8.69. The lowest BCUT2D eigenvalue weighted by Crippen LogP contribution is -2.30. The van der Waals surface area contributed by atoms with Crippen molar-refractivity contribution in [2.24, 2.45) is 5.92 Å². The largest absolute Gasteiger partial charge is 0.349 e. The van der Waals surface area contributed by atoms with E-state index >= 15 is 0 Å². The molecule has 0 aliphatic heterocycles. The molecule has 1 amide bonds. The number of halogens is 1. The number of hydrogen-bond acceptors (Lipinski definition) is 1. The van der Waals surface area contributed by atoms with Gasteiger partial charge in [-0.05, 0) is 12.8 Å². The predicted molar refractivity (Wildman–Crippen MR) is 52.5 cm³/mol. The van der Waals surface area contributed by atoms with Crippen molar-refractivity contribution in [3.63, 3.8) is 0 Å². The Morgan fingerprint density at radius 1 is 1.17 bits per heavy atom. The van der Waals surface area contributed by atoms with Gasteiger partial charge >= 0.3 is 0 Å². The lowest BCUT2D eigenvalue weighted by Gasteiger charge is -2.23. The molecule has 0 bridgehead atoms. The van der Waals surface area contributed by atoms with Gasteiger partial charge in [-0.2, -0.15) is 0 Å². The van der Waals surface area contributed by atoms with Crippen LogP contribution in [0.4, 0.5) is 0 Å². The van der Waals surface area contributed by atoms with Gasteiger partial charge in [-0.15, -0.1) is 12.4 Å². The van der Waals surface area contributed by atoms with Gasteiger partial charge in [0, 0.05) is 20.0 Å². The fraction of sp³-hybridized carbons (Fsp3) is 0.889. The molecule has 0 aromatic heterocycles. The van der Waals surface area contributed by atoms with Crippen LogP contribution in [0.25, 0.3) is 0 Å². The summed E-state index contributed by atoms with van der Waals surface area (Å²) in [5.41, 5.74) is 0. The summed E-state index contributed by atoms with van der Waals surface area (Å²) in [6, 6.07) is 0. The molecule has 0 saturated heterocycles. The second kappa shape index (κ2) is 5.41. The molecule has 0 aromatic carbocycles. The molecule has 3 heteroatoms. The summed E-state index contributed by atoms with van der Waals surface area (Å²) in [6.45, 7) is 0. The van der Waals surface area contributed by atoms with Crippen molar-refractivity contribution in [3.05, 3.63) is 0 Å². The maximum absolute atomic E-state index is 11.4. The zero-order chi connectivity index (χ0) is 8.27. The average molecular weight is 192 g/mol. The molecule has 1 saturated carbocycles. The van der Waals surface area contributed by atoms with Gasteiger partial charge in [0.15, 0.2) is 0 Å². The van der Waals surface area contributed by atoms with Crippen molar-refractivity contribution in [2.75, 3.05) is 14.1 Å². The molecule has 1 rings (SSSR count). The summed E-state index contributed by atoms with van der Waals surface area (Å²) < 4.78 is 0. The van der Waals surface area contributed by atoms with Crippen LogP contribution in [-0.4, -0.2) is 24.9 Å². The monoisotopic (exact) mass is 191 g/mol. The Labute approximate surface area is 80.7 Å². The normalized spacial score (nSPS) is 18.2. The third-order valence-corrected chi connectivity index (χ3v) is 2.40. The number of carbonyl (C=O) groups is 1. The molecule has 1 aliphatic rings. The predicted octanol–water partition coefficient (Wildman–Crippen LogP) is 2.08. The number of amides is 1. The van der Waals surface area contributed by atoms with Crippen molar-refractivity contribution in [3.8, 4) is 0 Å². The molecule has 12 heavy (non-hydrogen) atoms. The zero-order valence-electron chi connectivity index (χ0n) is 7.88. The SMILES string of the molecule is CN(C)C(=O)C1CCCCC1.Cl. The average Bonchev–Trinajstić information content (AvgIpc) is 2.05. The molecule has 0 N–H and O–H groups in total. The summed E-state index contributed by atoms with van der Waals surface area (Å²) in [5.74, 6) is 0.656. The van der Waals surface area contributed by atoms with Crippen LogP contribution in [0.15, 0.2) is 0 Å². The summed E-state index contributed by atoms with van der Waals surface area (Å²) >= 11 is 0. The Balaban J connectivity index is 0.00000121. The molecule has 72 valence electrons. The molecule has 1 aliphatic carbocycles. The lowest BCUT2D eigenvalue weighted by molar-refractivity contribution is -0.133. The third kappa shape index (κ3) is 3.02. The first kappa shape index (κ1) is 11.8. The highest BCUT2D eigenvalue weighted by atomic mass is 35.5. The van der Waals surface area contributed by atoms with Crippen molar-refractivity contribution in [1.29, 1.82) is 0 Å². The van der Waals surface area contributed by atoms with Crippen molar-refractivity contribution >= 4 is 18.3 Å². The molecular formula is C9H18ClNO. The molecule has 0 radical (unpaired) electrons. The number of carbonyl (C=O) groups excluding carboxylic acids is 1. The highest BCUT2D eigenvalue weighted by Gasteiger charge is 2.21. The fourth-order valence-corrected chi connectivity index (χ4v) is 1.71. The Morgan fingerprint density at radius 3 is 2.08 bits per heavy atom. The smallest absolute Gasteiger partial charge is 0.225 e. The third-order valence-electron chi connectivity index (χ3n) is 2.40. The summed E-state index contributed by atoms with van der Waals surface area (Å²) in [4.78, 5) is 13.1. The molecule has 0 unspecified atom stereocenters. The van der Waals surface area contributed by atoms with Crippen LogP contribution in [0.5, 0.6) is 0 Å². The van der Waals surface area contributed by atoms with Crippen LogP contribution < -0.4 is 0 Å². The fourth-order valence-electron chi connectivity index (χ4n) is 1.71. The molecule has 0 atom stereocenters. The topological polar surface area (TPSA) is 20.3 Å². The minimum Gasteiger partial charge on any atom is -0.349 e. The molecule has 0 heterocycles. The Kier molecular flexibility index (Phi) is 5.31. The van der Waals surface area contributed by atoms with E-state index in [1.165, 1.54) is 19.3 Å². The van der Waals surface area contributed by atoms with E-state index in [4.69, 9.17) is 0 Å². The van der Waals surface area contributed by atoms with Crippen molar-refractivity contribution in [2.45, 2.75) is 32.1 Å². The van der Waals surface area contributed by atoms with Gasteiger partial charge in [0.1, 0.15) is 0 Å². The summed E-state index contributed by atoms with van der Waals surface area (Å²) in [5, 5.41) is 0. The Hall–Kier alpha value is -0.240. The summed E-state index contributed by atoms with van der Waals surface area (Å²) in [6.07, 6.45) is 6.01. The van der Waals surface area contributed by atoms with Crippen LogP contribution in [0.1, 0.15) is 32.1 Å². The van der Waals surface area contributed by atoms with Crippen LogP contribution in [0.3, 0.4) is 0 Å². The standard InChI is InChI=1S/C9H17NO.ClH/c1-10(2)9(11)8-6-4-3-5-7-8;/h8H,3-7H2,1-2H3;1H. The highest BCUT2D eigenvalue weighted by molar-refractivity contribution is 5.85. The van der Waals surface area contributed by atoms with E-state index in [2.05, 4.69) is 0 Å². The first-order valence-electron chi connectivity index (χ1n) is 4.43. The number of nitrogens with zero attached hydrogens (tertiary/aromatic N) is 1. The Bertz CT molecular complexity index is 141. The molecule has 2 nitrogen and oxygen atoms in total. The van der Waals surface area contributed by atoms with Crippen molar-refractivity contribution < 1.29 is 4.79 Å². The lowest BCUT2D eigenvalue weighted by atomic mass is 9.88. The molecule has 0 aromatic rings. The second-order valence-corrected chi connectivity index (χ2v) is 3.57. The maximum atomic E-state index is 11.4. The number of hydrogen-bond donors (Lipinski definition) is 0. The van der Waals surface area contributed by atoms with E-state index in [1.54, 1.807) is 4.90 Å².